The number of hydrogen-bond acceptors (Lipinski definition) is 5. The second kappa shape index (κ2) is 4.59. The van der Waals surface area contributed by atoms with Crippen molar-refractivity contribution in [3.63, 3.8) is 0 Å². The molecular formula is C11H24N4O. The lowest BCUT2D eigenvalue weighted by Gasteiger charge is -2.29. The number of hydrogen-bond donors (Lipinski definition) is 3. The zero-order chi connectivity index (χ0) is 12.4. The molecule has 1 aliphatic rings. The average Bonchev–Trinajstić information content (AvgIpc) is 2.24. The Balaban J connectivity index is 2.88. The van der Waals surface area contributed by atoms with Crippen molar-refractivity contribution < 1.29 is 5.11 Å². The van der Waals surface area contributed by atoms with E-state index in [-0.39, 0.29) is 17.7 Å². The van der Waals surface area contributed by atoms with E-state index < -0.39 is 0 Å². The lowest BCUT2D eigenvalue weighted by molar-refractivity contribution is 0.245. The molecule has 5 heteroatoms. The number of aliphatic hydroxyl groups excluding tert-OH is 1. The molecule has 0 aliphatic carbocycles. The first-order chi connectivity index (χ1) is 7.26. The van der Waals surface area contributed by atoms with Crippen LogP contribution in [0.5, 0.6) is 0 Å². The van der Waals surface area contributed by atoms with Gasteiger partial charge in [-0.1, -0.05) is 0 Å². The quantitative estimate of drug-likeness (QED) is 0.474. The van der Waals surface area contributed by atoms with Gasteiger partial charge in [-0.3, -0.25) is 5.01 Å². The summed E-state index contributed by atoms with van der Waals surface area (Å²) >= 11 is 0. The van der Waals surface area contributed by atoms with Gasteiger partial charge in [-0.05, 0) is 40.5 Å². The highest BCUT2D eigenvalue weighted by Gasteiger charge is 2.30. The molecule has 1 rings (SSSR count). The Bertz CT molecular complexity index is 273. The van der Waals surface area contributed by atoms with E-state index in [4.69, 9.17) is 10.9 Å². The molecule has 94 valence electrons. The number of aliphatic imine (C=N–C) groups is 1. The second-order valence-electron chi connectivity index (χ2n) is 5.67. The van der Waals surface area contributed by atoms with Gasteiger partial charge in [0.2, 0.25) is 5.96 Å². The third-order valence-electron chi connectivity index (χ3n) is 2.83. The molecule has 0 spiro atoms. The van der Waals surface area contributed by atoms with E-state index in [1.165, 1.54) is 5.01 Å². The van der Waals surface area contributed by atoms with Gasteiger partial charge in [0.05, 0.1) is 18.7 Å². The largest absolute Gasteiger partial charge is 0.394 e. The molecule has 5 nitrogen and oxygen atoms in total. The summed E-state index contributed by atoms with van der Waals surface area (Å²) in [5, 5.41) is 13.7. The van der Waals surface area contributed by atoms with Crippen molar-refractivity contribution in [1.82, 2.24) is 10.3 Å². The van der Waals surface area contributed by atoms with Crippen molar-refractivity contribution >= 4 is 5.96 Å². The van der Waals surface area contributed by atoms with E-state index >= 15 is 0 Å². The summed E-state index contributed by atoms with van der Waals surface area (Å²) in [6.07, 6.45) is 2.06. The molecule has 0 fully saturated rings. The summed E-state index contributed by atoms with van der Waals surface area (Å²) in [4.78, 5) is 4.62. The van der Waals surface area contributed by atoms with Gasteiger partial charge in [0.1, 0.15) is 0 Å². The molecule has 0 saturated carbocycles. The first kappa shape index (κ1) is 13.3. The summed E-state index contributed by atoms with van der Waals surface area (Å²) in [5.74, 6) is 6.52. The molecule has 0 amide bonds. The molecule has 0 aromatic heterocycles. The smallest absolute Gasteiger partial charge is 0.209 e. The maximum Gasteiger partial charge on any atom is 0.209 e. The molecule has 0 saturated heterocycles. The van der Waals surface area contributed by atoms with Gasteiger partial charge in [0, 0.05) is 5.54 Å². The van der Waals surface area contributed by atoms with Crippen LogP contribution in [0.15, 0.2) is 4.99 Å². The normalized spacial score (nSPS) is 23.0. The van der Waals surface area contributed by atoms with E-state index in [9.17, 15) is 0 Å². The predicted molar refractivity (Wildman–Crippen MR) is 65.9 cm³/mol. The average molecular weight is 228 g/mol. The first-order valence-corrected chi connectivity index (χ1v) is 5.77. The Morgan fingerprint density at radius 3 is 2.56 bits per heavy atom. The standard InChI is InChI=1S/C11H24N4O/c1-10(2)5-6-11(3,4)14-9(13-10)15(12)7-8-16/h16H,5-8,12H2,1-4H3,(H,13,14). The summed E-state index contributed by atoms with van der Waals surface area (Å²) in [6, 6.07) is 0. The minimum atomic E-state index is -0.108. The third kappa shape index (κ3) is 3.64. The lowest BCUT2D eigenvalue weighted by Crippen LogP contribution is -2.53. The Kier molecular flexibility index (Phi) is 3.80. The maximum absolute atomic E-state index is 8.89. The van der Waals surface area contributed by atoms with Crippen molar-refractivity contribution in [2.24, 2.45) is 10.8 Å². The van der Waals surface area contributed by atoms with Gasteiger partial charge >= 0.3 is 0 Å². The zero-order valence-electron chi connectivity index (χ0n) is 10.7. The fraction of sp³-hybridized carbons (Fsp3) is 0.909. The maximum atomic E-state index is 8.89. The Morgan fingerprint density at radius 2 is 2.00 bits per heavy atom. The zero-order valence-corrected chi connectivity index (χ0v) is 10.7. The molecule has 1 aliphatic heterocycles. The Morgan fingerprint density at radius 1 is 1.38 bits per heavy atom. The Labute approximate surface area is 97.7 Å². The van der Waals surface area contributed by atoms with Crippen LogP contribution in [0.2, 0.25) is 0 Å². The molecular weight excluding hydrogens is 204 g/mol. The molecule has 1 heterocycles. The summed E-state index contributed by atoms with van der Waals surface area (Å²) in [5.41, 5.74) is -0.122. The molecule has 4 N–H and O–H groups in total. The molecule has 16 heavy (non-hydrogen) atoms. The Hall–Kier alpha value is -0.810. The summed E-state index contributed by atoms with van der Waals surface area (Å²) in [7, 11) is 0. The van der Waals surface area contributed by atoms with Gasteiger partial charge in [0.15, 0.2) is 0 Å². The number of hydrazine groups is 1. The van der Waals surface area contributed by atoms with Crippen LogP contribution in [0.4, 0.5) is 0 Å². The van der Waals surface area contributed by atoms with Crippen LogP contribution < -0.4 is 11.2 Å². The van der Waals surface area contributed by atoms with Crippen LogP contribution in [0.3, 0.4) is 0 Å². The van der Waals surface area contributed by atoms with Crippen LogP contribution in [-0.2, 0) is 0 Å². The number of nitrogens with zero attached hydrogens (tertiary/aromatic N) is 2. The van der Waals surface area contributed by atoms with E-state index in [0.29, 0.717) is 12.5 Å². The van der Waals surface area contributed by atoms with Crippen molar-refractivity contribution in [1.29, 1.82) is 0 Å². The van der Waals surface area contributed by atoms with Gasteiger partial charge in [-0.2, -0.15) is 0 Å². The van der Waals surface area contributed by atoms with Crippen molar-refractivity contribution in [2.45, 2.75) is 51.6 Å². The van der Waals surface area contributed by atoms with Crippen LogP contribution in [-0.4, -0.2) is 40.3 Å². The van der Waals surface area contributed by atoms with Gasteiger partial charge in [-0.15, -0.1) is 0 Å². The fourth-order valence-corrected chi connectivity index (χ4v) is 1.70. The number of nitrogens with two attached hydrogens (primary N) is 1. The lowest BCUT2D eigenvalue weighted by atomic mass is 9.91. The minimum absolute atomic E-state index is 0.0142. The van der Waals surface area contributed by atoms with Gasteiger partial charge in [-0.25, -0.2) is 10.8 Å². The van der Waals surface area contributed by atoms with Crippen molar-refractivity contribution in [3.8, 4) is 0 Å². The summed E-state index contributed by atoms with van der Waals surface area (Å²) < 4.78 is 0. The third-order valence-corrected chi connectivity index (χ3v) is 2.83. The number of aliphatic hydroxyl groups is 1. The van der Waals surface area contributed by atoms with Crippen LogP contribution in [0, 0.1) is 0 Å². The number of nitrogens with one attached hydrogen (secondary N) is 1. The highest BCUT2D eigenvalue weighted by Crippen LogP contribution is 2.25. The fourth-order valence-electron chi connectivity index (χ4n) is 1.70. The predicted octanol–water partition coefficient (Wildman–Crippen LogP) is 0.451. The number of guanidine groups is 1. The summed E-state index contributed by atoms with van der Waals surface area (Å²) in [6.45, 7) is 8.88. The minimum Gasteiger partial charge on any atom is -0.394 e. The highest BCUT2D eigenvalue weighted by molar-refractivity contribution is 5.80. The van der Waals surface area contributed by atoms with Crippen LogP contribution in [0.1, 0.15) is 40.5 Å². The second-order valence-corrected chi connectivity index (χ2v) is 5.67. The first-order valence-electron chi connectivity index (χ1n) is 5.77. The molecule has 0 radical (unpaired) electrons. The highest BCUT2D eigenvalue weighted by atomic mass is 16.3. The van der Waals surface area contributed by atoms with Crippen LogP contribution >= 0.6 is 0 Å². The molecule has 0 bridgehead atoms. The van der Waals surface area contributed by atoms with Gasteiger partial charge in [0.25, 0.3) is 0 Å². The van der Waals surface area contributed by atoms with Crippen molar-refractivity contribution in [2.75, 3.05) is 13.2 Å². The van der Waals surface area contributed by atoms with E-state index in [0.717, 1.165) is 12.8 Å². The molecule has 0 unspecified atom stereocenters. The van der Waals surface area contributed by atoms with Crippen LogP contribution in [0.25, 0.3) is 0 Å². The molecule has 0 atom stereocenters. The monoisotopic (exact) mass is 228 g/mol. The van der Waals surface area contributed by atoms with E-state index in [2.05, 4.69) is 38.0 Å². The topological polar surface area (TPSA) is 73.9 Å². The van der Waals surface area contributed by atoms with E-state index in [1.54, 1.807) is 0 Å². The van der Waals surface area contributed by atoms with Gasteiger partial charge < -0.3 is 10.4 Å². The SMILES string of the molecule is CC1(C)CCC(C)(C)NC(N(N)CCO)=N1. The van der Waals surface area contributed by atoms with E-state index in [1.807, 2.05) is 0 Å². The molecule has 0 aromatic carbocycles. The molecule has 0 aromatic rings. The number of rotatable bonds is 2. The van der Waals surface area contributed by atoms with Crippen molar-refractivity contribution in [3.05, 3.63) is 0 Å².